The molecule has 2 bridgehead atoms. The third-order valence-corrected chi connectivity index (χ3v) is 13.2. The molecule has 8 nitrogen and oxygen atoms in total. The number of aryl methyl sites for hydroxylation is 1. The normalized spacial score (nSPS) is 26.2. The van der Waals surface area contributed by atoms with Gasteiger partial charge in [-0.1, -0.05) is 54.6 Å². The minimum Gasteiger partial charge on any atom is -0.349 e. The molecule has 2 atom stereocenters. The topological polar surface area (TPSA) is 87.5 Å². The highest BCUT2D eigenvalue weighted by atomic mass is 35.5. The molecule has 3 aliphatic rings. The minimum absolute atomic E-state index is 0.00770. The molecule has 254 valence electrons. The van der Waals surface area contributed by atoms with E-state index in [9.17, 15) is 17.7 Å². The smallest absolute Gasteiger partial charge is 0.271 e. The number of para-hydroxylation sites is 2. The van der Waals surface area contributed by atoms with Gasteiger partial charge in [0.2, 0.25) is 0 Å². The van der Waals surface area contributed by atoms with Crippen LogP contribution in [-0.4, -0.2) is 64.0 Å². The molecular weight excluding hydrogens is 649 g/mol. The Balaban J connectivity index is 1.03. The van der Waals surface area contributed by atoms with Gasteiger partial charge in [-0.15, -0.1) is 16.1 Å². The molecule has 4 aromatic rings. The van der Waals surface area contributed by atoms with Crippen LogP contribution in [0.25, 0.3) is 11.0 Å². The summed E-state index contributed by atoms with van der Waals surface area (Å²) in [5.41, 5.74) is 3.57. The standard InChI is InChI=1S/C37H43ClFN5O3S/c1-26-40-33-12-6-7-13-34(33)44(26)31-23-29-15-16-30(24-31)42(29)22-21-37(27-9-3-2-4-10-27)19-17-28(18-20-37)41-36(45)32-11-5-8-14-35(32)48(46,47)43(39)25-38/h2-14,28-31H,15-25H2,1H3,(H,41,45). The number of rotatable bonds is 10. The van der Waals surface area contributed by atoms with E-state index in [0.29, 0.717) is 18.1 Å². The molecule has 2 unspecified atom stereocenters. The van der Waals surface area contributed by atoms with Crippen LogP contribution in [0, 0.1) is 6.92 Å². The van der Waals surface area contributed by atoms with Crippen molar-refractivity contribution in [1.29, 1.82) is 0 Å². The zero-order valence-electron chi connectivity index (χ0n) is 27.3. The summed E-state index contributed by atoms with van der Waals surface area (Å²) >= 11 is 5.46. The molecule has 3 aromatic carbocycles. The maximum Gasteiger partial charge on any atom is 0.271 e. The van der Waals surface area contributed by atoms with E-state index < -0.39 is 31.4 Å². The van der Waals surface area contributed by atoms with Crippen LogP contribution in [0.4, 0.5) is 4.48 Å². The number of aromatic nitrogens is 2. The SMILES string of the molecule is Cc1nc2ccccc2n1C1CC2CCC(C1)N2CCC1(c2ccccc2)CCC(NC(=O)c2ccccc2S(=O)(=O)N(F)CCl)CC1. The summed E-state index contributed by atoms with van der Waals surface area (Å²) in [6.07, 6.45) is 9.19. The van der Waals surface area contributed by atoms with E-state index in [1.54, 1.807) is 6.07 Å². The number of hydrogen-bond acceptors (Lipinski definition) is 5. The number of benzene rings is 3. The largest absolute Gasteiger partial charge is 0.349 e. The Bertz CT molecular complexity index is 1860. The van der Waals surface area contributed by atoms with Crippen molar-refractivity contribution in [2.75, 3.05) is 12.5 Å². The highest BCUT2D eigenvalue weighted by Crippen LogP contribution is 2.46. The summed E-state index contributed by atoms with van der Waals surface area (Å²) in [4.78, 5) is 20.6. The molecule has 1 N–H and O–H groups in total. The average molecular weight is 692 g/mol. The van der Waals surface area contributed by atoms with Gasteiger partial charge in [0.15, 0.2) is 0 Å². The van der Waals surface area contributed by atoms with Gasteiger partial charge in [-0.2, -0.15) is 0 Å². The third kappa shape index (κ3) is 6.17. The van der Waals surface area contributed by atoms with Gasteiger partial charge < -0.3 is 9.88 Å². The van der Waals surface area contributed by atoms with E-state index in [2.05, 4.69) is 76.3 Å². The number of sulfonamides is 1. The fourth-order valence-electron chi connectivity index (χ4n) is 8.89. The maximum absolute atomic E-state index is 14.1. The van der Waals surface area contributed by atoms with Crippen LogP contribution in [0.2, 0.25) is 0 Å². The van der Waals surface area contributed by atoms with E-state index in [1.165, 1.54) is 42.1 Å². The average Bonchev–Trinajstić information content (AvgIpc) is 3.57. The fraction of sp³-hybridized carbons (Fsp3) is 0.459. The summed E-state index contributed by atoms with van der Waals surface area (Å²) in [6.45, 7) is 3.18. The van der Waals surface area contributed by atoms with Crippen LogP contribution in [-0.2, 0) is 15.4 Å². The molecular formula is C37H43ClFN5O3S. The molecule has 48 heavy (non-hydrogen) atoms. The van der Waals surface area contributed by atoms with Crippen LogP contribution in [0.3, 0.4) is 0 Å². The highest BCUT2D eigenvalue weighted by Gasteiger charge is 2.44. The Morgan fingerprint density at radius 2 is 1.58 bits per heavy atom. The van der Waals surface area contributed by atoms with E-state index in [4.69, 9.17) is 16.6 Å². The molecule has 7 rings (SSSR count). The molecule has 3 heterocycles. The first-order valence-corrected chi connectivity index (χ1v) is 19.1. The monoisotopic (exact) mass is 691 g/mol. The van der Waals surface area contributed by atoms with Gasteiger partial charge in [0.25, 0.3) is 15.9 Å². The lowest BCUT2D eigenvalue weighted by atomic mass is 9.66. The molecule has 0 spiro atoms. The van der Waals surface area contributed by atoms with Crippen LogP contribution < -0.4 is 5.32 Å². The van der Waals surface area contributed by atoms with Gasteiger partial charge in [0.05, 0.1) is 21.5 Å². The second-order valence-corrected chi connectivity index (χ2v) is 15.8. The van der Waals surface area contributed by atoms with Gasteiger partial charge in [-0.25, -0.2) is 13.4 Å². The lowest BCUT2D eigenvalue weighted by Gasteiger charge is -2.45. The number of halogens is 2. The molecule has 11 heteroatoms. The van der Waals surface area contributed by atoms with Crippen molar-refractivity contribution < 1.29 is 17.7 Å². The van der Waals surface area contributed by atoms with Gasteiger partial charge in [0, 0.05) is 24.2 Å². The Kier molecular flexibility index (Phi) is 9.36. The Hall–Kier alpha value is -3.31. The van der Waals surface area contributed by atoms with Crippen molar-refractivity contribution in [2.45, 2.75) is 99.2 Å². The zero-order valence-corrected chi connectivity index (χ0v) is 28.8. The molecule has 2 saturated heterocycles. The summed E-state index contributed by atoms with van der Waals surface area (Å²) < 4.78 is 41.6. The second-order valence-electron chi connectivity index (χ2n) is 13.8. The lowest BCUT2D eigenvalue weighted by Crippen LogP contribution is -2.47. The number of imidazole rings is 1. The Labute approximate surface area is 287 Å². The number of carbonyl (C=O) groups excluding carboxylic acids is 1. The predicted octanol–water partition coefficient (Wildman–Crippen LogP) is 7.28. The quantitative estimate of drug-likeness (QED) is 0.107. The van der Waals surface area contributed by atoms with Gasteiger partial charge in [-0.05, 0) is 111 Å². The predicted molar refractivity (Wildman–Crippen MR) is 186 cm³/mol. The highest BCUT2D eigenvalue weighted by molar-refractivity contribution is 7.89. The lowest BCUT2D eigenvalue weighted by molar-refractivity contribution is 0.0849. The fourth-order valence-corrected chi connectivity index (χ4v) is 10.3. The molecule has 3 fully saturated rings. The number of carbonyl (C=O) groups is 1. The van der Waals surface area contributed by atoms with Crippen LogP contribution in [0.1, 0.15) is 85.6 Å². The van der Waals surface area contributed by atoms with Crippen LogP contribution >= 0.6 is 11.6 Å². The summed E-state index contributed by atoms with van der Waals surface area (Å²) in [7, 11) is -4.55. The Morgan fingerprint density at radius 3 is 2.29 bits per heavy atom. The molecule has 1 saturated carbocycles. The molecule has 2 aliphatic heterocycles. The number of nitrogens with one attached hydrogen (secondary N) is 1. The minimum atomic E-state index is -4.55. The summed E-state index contributed by atoms with van der Waals surface area (Å²) in [6, 6.07) is 25.6. The number of piperidine rings is 1. The van der Waals surface area contributed by atoms with Gasteiger partial charge in [0.1, 0.15) is 11.8 Å². The van der Waals surface area contributed by atoms with Crippen LogP contribution in [0.5, 0.6) is 0 Å². The number of nitrogens with zero attached hydrogens (tertiary/aromatic N) is 4. The van der Waals surface area contributed by atoms with E-state index in [-0.39, 0.29) is 17.0 Å². The first-order chi connectivity index (χ1) is 23.2. The van der Waals surface area contributed by atoms with E-state index in [1.807, 2.05) is 0 Å². The van der Waals surface area contributed by atoms with E-state index in [0.717, 1.165) is 62.8 Å². The van der Waals surface area contributed by atoms with Crippen molar-refractivity contribution in [3.63, 3.8) is 0 Å². The van der Waals surface area contributed by atoms with Crippen molar-refractivity contribution in [1.82, 2.24) is 24.3 Å². The molecule has 1 aromatic heterocycles. The number of hydrogen-bond donors (Lipinski definition) is 1. The first-order valence-electron chi connectivity index (χ1n) is 17.1. The van der Waals surface area contributed by atoms with Crippen molar-refractivity contribution >= 4 is 38.6 Å². The van der Waals surface area contributed by atoms with Crippen molar-refractivity contribution in [2.24, 2.45) is 0 Å². The third-order valence-electron chi connectivity index (χ3n) is 11.3. The molecule has 1 aliphatic carbocycles. The van der Waals surface area contributed by atoms with Crippen molar-refractivity contribution in [3.05, 3.63) is 95.8 Å². The number of amides is 1. The zero-order chi connectivity index (χ0) is 33.5. The number of alkyl halides is 1. The first kappa shape index (κ1) is 33.2. The second kappa shape index (κ2) is 13.5. The summed E-state index contributed by atoms with van der Waals surface area (Å²) in [5, 5.41) is 3.06. The van der Waals surface area contributed by atoms with Gasteiger partial charge >= 0.3 is 0 Å². The summed E-state index contributed by atoms with van der Waals surface area (Å²) in [5.74, 6) is 0.584. The van der Waals surface area contributed by atoms with Crippen LogP contribution in [0.15, 0.2) is 83.8 Å². The molecule has 0 radical (unpaired) electrons. The van der Waals surface area contributed by atoms with E-state index >= 15 is 0 Å². The molecule has 1 amide bonds. The number of fused-ring (bicyclic) bond motifs is 3. The Morgan fingerprint density at radius 1 is 0.938 bits per heavy atom. The van der Waals surface area contributed by atoms with Crippen molar-refractivity contribution in [3.8, 4) is 0 Å². The maximum atomic E-state index is 14.1. The van der Waals surface area contributed by atoms with Gasteiger partial charge in [-0.3, -0.25) is 9.69 Å².